The molecular formula is C15H20N2O3. The van der Waals surface area contributed by atoms with Crippen molar-refractivity contribution in [1.29, 1.82) is 0 Å². The summed E-state index contributed by atoms with van der Waals surface area (Å²) in [6, 6.07) is 5.32. The van der Waals surface area contributed by atoms with Gasteiger partial charge in [0.2, 0.25) is 5.91 Å². The number of hydrogen-bond donors (Lipinski definition) is 3. The van der Waals surface area contributed by atoms with E-state index in [2.05, 4.69) is 10.6 Å². The molecule has 0 aromatic heterocycles. The van der Waals surface area contributed by atoms with Crippen molar-refractivity contribution < 1.29 is 14.7 Å². The number of hydrogen-bond acceptors (Lipinski definition) is 3. The van der Waals surface area contributed by atoms with Crippen LogP contribution >= 0.6 is 0 Å². The van der Waals surface area contributed by atoms with Crippen LogP contribution in [0.1, 0.15) is 41.6 Å². The summed E-state index contributed by atoms with van der Waals surface area (Å²) in [5, 5.41) is 15.0. The summed E-state index contributed by atoms with van der Waals surface area (Å²) in [5.41, 5.74) is 1.35. The van der Waals surface area contributed by atoms with E-state index >= 15 is 0 Å². The third-order valence-electron chi connectivity index (χ3n) is 3.74. The lowest BCUT2D eigenvalue weighted by Crippen LogP contribution is -2.34. The summed E-state index contributed by atoms with van der Waals surface area (Å²) in [6.45, 7) is 1.96. The molecule has 2 rings (SSSR count). The van der Waals surface area contributed by atoms with Gasteiger partial charge in [-0.2, -0.15) is 0 Å². The van der Waals surface area contributed by atoms with E-state index in [1.54, 1.807) is 19.1 Å². The van der Waals surface area contributed by atoms with Crippen molar-refractivity contribution in [2.75, 3.05) is 11.9 Å². The molecule has 0 spiro atoms. The molecule has 0 unspecified atom stereocenters. The molecule has 1 amide bonds. The van der Waals surface area contributed by atoms with E-state index in [0.29, 0.717) is 17.3 Å². The molecule has 1 aromatic rings. The predicted molar refractivity (Wildman–Crippen MR) is 77.0 cm³/mol. The summed E-state index contributed by atoms with van der Waals surface area (Å²) >= 11 is 0. The zero-order valence-corrected chi connectivity index (χ0v) is 11.6. The highest BCUT2D eigenvalue weighted by Crippen LogP contribution is 2.19. The van der Waals surface area contributed by atoms with Crippen molar-refractivity contribution in [3.63, 3.8) is 0 Å². The minimum absolute atomic E-state index is 0.137. The molecule has 0 atom stereocenters. The first-order chi connectivity index (χ1) is 9.58. The van der Waals surface area contributed by atoms with Crippen LogP contribution in [0.5, 0.6) is 0 Å². The number of carboxylic acid groups (broad SMARTS) is 1. The van der Waals surface area contributed by atoms with Gasteiger partial charge in [-0.15, -0.1) is 0 Å². The normalized spacial score (nSPS) is 15.2. The van der Waals surface area contributed by atoms with Crippen LogP contribution < -0.4 is 10.6 Å². The van der Waals surface area contributed by atoms with Gasteiger partial charge in [0.05, 0.1) is 12.1 Å². The molecule has 20 heavy (non-hydrogen) atoms. The predicted octanol–water partition coefficient (Wildman–Crippen LogP) is 2.16. The third kappa shape index (κ3) is 3.57. The van der Waals surface area contributed by atoms with Crippen LogP contribution in [0.2, 0.25) is 0 Å². The average Bonchev–Trinajstić information content (AvgIpc) is 2.91. The number of rotatable bonds is 5. The number of carboxylic acids is 1. The van der Waals surface area contributed by atoms with Gasteiger partial charge in [-0.1, -0.05) is 18.9 Å². The number of anilines is 1. The summed E-state index contributed by atoms with van der Waals surface area (Å²) in [4.78, 5) is 22.9. The zero-order chi connectivity index (χ0) is 14.5. The van der Waals surface area contributed by atoms with Crippen LogP contribution in [0, 0.1) is 6.92 Å². The Hall–Kier alpha value is -1.88. The molecule has 0 heterocycles. The third-order valence-corrected chi connectivity index (χ3v) is 3.74. The van der Waals surface area contributed by atoms with E-state index in [0.717, 1.165) is 12.8 Å². The molecule has 0 bridgehead atoms. The molecule has 0 radical (unpaired) electrons. The van der Waals surface area contributed by atoms with Gasteiger partial charge >= 0.3 is 5.97 Å². The van der Waals surface area contributed by atoms with Crippen molar-refractivity contribution in [2.45, 2.75) is 38.6 Å². The molecule has 3 N–H and O–H groups in total. The Morgan fingerprint density at radius 3 is 2.65 bits per heavy atom. The van der Waals surface area contributed by atoms with Crippen molar-refractivity contribution in [1.82, 2.24) is 5.32 Å². The smallest absolute Gasteiger partial charge is 0.336 e. The lowest BCUT2D eigenvalue weighted by molar-refractivity contribution is -0.115. The number of nitrogens with one attached hydrogen (secondary N) is 2. The molecule has 0 aliphatic heterocycles. The maximum atomic E-state index is 11.9. The van der Waals surface area contributed by atoms with Crippen molar-refractivity contribution >= 4 is 17.6 Å². The van der Waals surface area contributed by atoms with Crippen molar-refractivity contribution in [3.8, 4) is 0 Å². The number of carbonyl (C=O) groups is 2. The fourth-order valence-corrected chi connectivity index (χ4v) is 2.56. The van der Waals surface area contributed by atoms with Gasteiger partial charge in [0.25, 0.3) is 0 Å². The maximum Gasteiger partial charge on any atom is 0.336 e. The highest BCUT2D eigenvalue weighted by molar-refractivity contribution is 5.96. The highest BCUT2D eigenvalue weighted by Gasteiger charge is 2.16. The number of aromatic carboxylic acids is 1. The number of benzene rings is 1. The average molecular weight is 276 g/mol. The van der Waals surface area contributed by atoms with Gasteiger partial charge in [-0.3, -0.25) is 4.79 Å². The molecule has 1 saturated carbocycles. The molecule has 5 nitrogen and oxygen atoms in total. The Labute approximate surface area is 118 Å². The standard InChI is InChI=1S/C15H20N2O3/c1-10-12(15(19)20)7-4-8-13(10)17-14(18)9-16-11-5-2-3-6-11/h4,7-8,11,16H,2-3,5-6,9H2,1H3,(H,17,18)(H,19,20). The second-order valence-electron chi connectivity index (χ2n) is 5.19. The molecule has 108 valence electrons. The molecule has 1 fully saturated rings. The molecule has 1 aliphatic carbocycles. The quantitative estimate of drug-likeness (QED) is 0.770. The minimum atomic E-state index is -0.984. The van der Waals surface area contributed by atoms with E-state index in [9.17, 15) is 9.59 Å². The topological polar surface area (TPSA) is 78.4 Å². The molecule has 1 aliphatic rings. The molecule has 1 aromatic carbocycles. The van der Waals surface area contributed by atoms with Crippen LogP contribution in [0.4, 0.5) is 5.69 Å². The first-order valence-corrected chi connectivity index (χ1v) is 6.94. The Morgan fingerprint density at radius 2 is 2.00 bits per heavy atom. The lowest BCUT2D eigenvalue weighted by Gasteiger charge is -2.13. The fourth-order valence-electron chi connectivity index (χ4n) is 2.56. The molecule has 0 saturated heterocycles. The van der Waals surface area contributed by atoms with Crippen LogP contribution in [0.25, 0.3) is 0 Å². The van der Waals surface area contributed by atoms with E-state index in [1.165, 1.54) is 18.9 Å². The Balaban J connectivity index is 1.93. The summed E-state index contributed by atoms with van der Waals surface area (Å²) in [6.07, 6.45) is 4.69. The van der Waals surface area contributed by atoms with E-state index in [1.807, 2.05) is 0 Å². The maximum absolute atomic E-state index is 11.9. The van der Waals surface area contributed by atoms with Crippen LogP contribution in [0.3, 0.4) is 0 Å². The number of carbonyl (C=O) groups excluding carboxylic acids is 1. The van der Waals surface area contributed by atoms with Crippen LogP contribution in [-0.4, -0.2) is 29.6 Å². The van der Waals surface area contributed by atoms with Gasteiger partial charge in [-0.05, 0) is 37.5 Å². The zero-order valence-electron chi connectivity index (χ0n) is 11.6. The second kappa shape index (κ2) is 6.52. The summed E-state index contributed by atoms with van der Waals surface area (Å²) < 4.78 is 0. The molecule has 5 heteroatoms. The highest BCUT2D eigenvalue weighted by atomic mass is 16.4. The van der Waals surface area contributed by atoms with Gasteiger partial charge < -0.3 is 15.7 Å². The van der Waals surface area contributed by atoms with Gasteiger partial charge in [0.1, 0.15) is 0 Å². The van der Waals surface area contributed by atoms with Gasteiger partial charge in [-0.25, -0.2) is 4.79 Å². The summed E-state index contributed by atoms with van der Waals surface area (Å²) in [7, 11) is 0. The Kier molecular flexibility index (Phi) is 4.74. The van der Waals surface area contributed by atoms with Crippen molar-refractivity contribution in [3.05, 3.63) is 29.3 Å². The van der Waals surface area contributed by atoms with Crippen LogP contribution in [0.15, 0.2) is 18.2 Å². The SMILES string of the molecule is Cc1c(NC(=O)CNC2CCCC2)cccc1C(=O)O. The molecular weight excluding hydrogens is 256 g/mol. The second-order valence-corrected chi connectivity index (χ2v) is 5.19. The minimum Gasteiger partial charge on any atom is -0.478 e. The van der Waals surface area contributed by atoms with Gasteiger partial charge in [0.15, 0.2) is 0 Å². The van der Waals surface area contributed by atoms with E-state index in [4.69, 9.17) is 5.11 Å². The van der Waals surface area contributed by atoms with E-state index in [-0.39, 0.29) is 18.0 Å². The summed E-state index contributed by atoms with van der Waals surface area (Å²) in [5.74, 6) is -1.12. The largest absolute Gasteiger partial charge is 0.478 e. The van der Waals surface area contributed by atoms with E-state index < -0.39 is 5.97 Å². The first kappa shape index (κ1) is 14.5. The lowest BCUT2D eigenvalue weighted by atomic mass is 10.1. The van der Waals surface area contributed by atoms with Crippen molar-refractivity contribution in [2.24, 2.45) is 0 Å². The Bertz CT molecular complexity index is 508. The first-order valence-electron chi connectivity index (χ1n) is 6.94. The Morgan fingerprint density at radius 1 is 1.30 bits per heavy atom. The van der Waals surface area contributed by atoms with Gasteiger partial charge in [0, 0.05) is 11.7 Å². The number of amides is 1. The van der Waals surface area contributed by atoms with Crippen LogP contribution in [-0.2, 0) is 4.79 Å². The fraction of sp³-hybridized carbons (Fsp3) is 0.467. The monoisotopic (exact) mass is 276 g/mol.